The second kappa shape index (κ2) is 5.61. The van der Waals surface area contributed by atoms with E-state index in [9.17, 15) is 4.79 Å². The molecule has 3 heterocycles. The molecule has 0 atom stereocenters. The maximum atomic E-state index is 12.2. The molecule has 0 aliphatic rings. The van der Waals surface area contributed by atoms with Crippen molar-refractivity contribution in [1.82, 2.24) is 19.3 Å². The first kappa shape index (κ1) is 13.6. The standard InChI is InChI=1S/C18H16N4O/c23-18(13-21-10-8-14-5-1-2-6-16(14)21)19-11-15-12-22-9-4-3-7-17(22)20-15/h1-10,12H,11,13H2,(H,19,23). The van der Waals surface area contributed by atoms with Crippen molar-refractivity contribution in [2.24, 2.45) is 0 Å². The van der Waals surface area contributed by atoms with Crippen molar-refractivity contribution in [3.63, 3.8) is 0 Å². The lowest BCUT2D eigenvalue weighted by atomic mass is 10.2. The topological polar surface area (TPSA) is 51.3 Å². The van der Waals surface area contributed by atoms with Crippen LogP contribution in [0.1, 0.15) is 5.69 Å². The van der Waals surface area contributed by atoms with E-state index in [1.165, 1.54) is 0 Å². The summed E-state index contributed by atoms with van der Waals surface area (Å²) in [6.45, 7) is 0.737. The molecule has 0 aliphatic carbocycles. The van der Waals surface area contributed by atoms with E-state index in [-0.39, 0.29) is 5.91 Å². The SMILES string of the molecule is O=C(Cn1ccc2ccccc21)NCc1cn2ccccc2n1. The number of para-hydroxylation sites is 1. The molecule has 0 fully saturated rings. The van der Waals surface area contributed by atoms with Crippen LogP contribution in [0.3, 0.4) is 0 Å². The molecular weight excluding hydrogens is 288 g/mol. The summed E-state index contributed by atoms with van der Waals surface area (Å²) < 4.78 is 3.90. The van der Waals surface area contributed by atoms with Gasteiger partial charge >= 0.3 is 0 Å². The number of pyridine rings is 1. The minimum atomic E-state index is -0.0246. The number of hydrogen-bond acceptors (Lipinski definition) is 2. The van der Waals surface area contributed by atoms with Gasteiger partial charge in [0.05, 0.1) is 12.2 Å². The first-order chi connectivity index (χ1) is 11.3. The molecule has 23 heavy (non-hydrogen) atoms. The highest BCUT2D eigenvalue weighted by molar-refractivity contribution is 5.83. The molecule has 0 saturated carbocycles. The average molecular weight is 304 g/mol. The van der Waals surface area contributed by atoms with Gasteiger partial charge in [-0.15, -0.1) is 0 Å². The van der Waals surface area contributed by atoms with Crippen LogP contribution in [0, 0.1) is 0 Å². The number of imidazole rings is 1. The molecule has 0 unspecified atom stereocenters. The van der Waals surface area contributed by atoms with Crippen LogP contribution in [-0.4, -0.2) is 19.9 Å². The summed E-state index contributed by atoms with van der Waals surface area (Å²) in [7, 11) is 0. The molecule has 114 valence electrons. The summed E-state index contributed by atoms with van der Waals surface area (Å²) in [5.41, 5.74) is 2.80. The van der Waals surface area contributed by atoms with Gasteiger partial charge in [-0.05, 0) is 29.7 Å². The van der Waals surface area contributed by atoms with Crippen molar-refractivity contribution in [3.8, 4) is 0 Å². The normalized spacial score (nSPS) is 11.1. The number of carbonyl (C=O) groups is 1. The highest BCUT2D eigenvalue weighted by Gasteiger charge is 2.07. The minimum absolute atomic E-state index is 0.0246. The zero-order chi connectivity index (χ0) is 15.6. The van der Waals surface area contributed by atoms with Gasteiger partial charge in [-0.3, -0.25) is 4.79 Å². The Bertz CT molecular complexity index is 950. The van der Waals surface area contributed by atoms with E-state index in [1.54, 1.807) is 0 Å². The Morgan fingerprint density at radius 1 is 1.04 bits per heavy atom. The lowest BCUT2D eigenvalue weighted by Crippen LogP contribution is -2.26. The molecule has 0 saturated heterocycles. The van der Waals surface area contributed by atoms with Gasteiger partial charge in [0.15, 0.2) is 0 Å². The quantitative estimate of drug-likeness (QED) is 0.630. The maximum Gasteiger partial charge on any atom is 0.240 e. The fourth-order valence-corrected chi connectivity index (χ4v) is 2.75. The molecule has 5 nitrogen and oxygen atoms in total. The van der Waals surface area contributed by atoms with Crippen LogP contribution >= 0.6 is 0 Å². The van der Waals surface area contributed by atoms with Crippen LogP contribution < -0.4 is 5.32 Å². The van der Waals surface area contributed by atoms with Crippen LogP contribution in [0.4, 0.5) is 0 Å². The smallest absolute Gasteiger partial charge is 0.240 e. The first-order valence-corrected chi connectivity index (χ1v) is 7.53. The van der Waals surface area contributed by atoms with E-state index < -0.39 is 0 Å². The average Bonchev–Trinajstić information content (AvgIpc) is 3.17. The summed E-state index contributed by atoms with van der Waals surface area (Å²) in [5, 5.41) is 4.07. The van der Waals surface area contributed by atoms with Crippen molar-refractivity contribution in [1.29, 1.82) is 0 Å². The predicted octanol–water partition coefficient (Wildman–Crippen LogP) is 2.61. The zero-order valence-corrected chi connectivity index (χ0v) is 12.5. The number of nitrogens with zero attached hydrogens (tertiary/aromatic N) is 3. The molecule has 5 heteroatoms. The lowest BCUT2D eigenvalue weighted by molar-refractivity contribution is -0.121. The molecule has 0 aliphatic heterocycles. The Morgan fingerprint density at radius 3 is 2.83 bits per heavy atom. The molecule has 4 aromatic rings. The summed E-state index contributed by atoms with van der Waals surface area (Å²) >= 11 is 0. The third kappa shape index (κ3) is 2.68. The van der Waals surface area contributed by atoms with Crippen molar-refractivity contribution >= 4 is 22.5 Å². The Balaban J connectivity index is 1.43. The number of nitrogens with one attached hydrogen (secondary N) is 1. The second-order valence-corrected chi connectivity index (χ2v) is 5.48. The van der Waals surface area contributed by atoms with E-state index in [0.29, 0.717) is 13.1 Å². The van der Waals surface area contributed by atoms with Gasteiger partial charge in [-0.2, -0.15) is 0 Å². The van der Waals surface area contributed by atoms with E-state index in [4.69, 9.17) is 0 Å². The number of amides is 1. The molecule has 3 aromatic heterocycles. The molecule has 4 rings (SSSR count). The number of fused-ring (bicyclic) bond motifs is 2. The Kier molecular flexibility index (Phi) is 3.31. The number of aromatic nitrogens is 3. The summed E-state index contributed by atoms with van der Waals surface area (Å²) in [6.07, 6.45) is 5.81. The maximum absolute atomic E-state index is 12.2. The van der Waals surface area contributed by atoms with Crippen molar-refractivity contribution in [3.05, 3.63) is 72.8 Å². The Hall–Kier alpha value is -3.08. The van der Waals surface area contributed by atoms with E-state index in [0.717, 1.165) is 22.2 Å². The minimum Gasteiger partial charge on any atom is -0.349 e. The van der Waals surface area contributed by atoms with Crippen LogP contribution in [0.2, 0.25) is 0 Å². The lowest BCUT2D eigenvalue weighted by Gasteiger charge is -2.06. The van der Waals surface area contributed by atoms with Crippen LogP contribution in [0.15, 0.2) is 67.1 Å². The number of hydrogen-bond donors (Lipinski definition) is 1. The fourth-order valence-electron chi connectivity index (χ4n) is 2.75. The molecule has 0 spiro atoms. The van der Waals surface area contributed by atoms with Crippen molar-refractivity contribution in [2.45, 2.75) is 13.1 Å². The molecule has 0 bridgehead atoms. The van der Waals surface area contributed by atoms with E-state index >= 15 is 0 Å². The third-order valence-corrected chi connectivity index (χ3v) is 3.87. The van der Waals surface area contributed by atoms with Crippen molar-refractivity contribution < 1.29 is 4.79 Å². The van der Waals surface area contributed by atoms with Gasteiger partial charge in [0.1, 0.15) is 12.2 Å². The molecule has 0 radical (unpaired) electrons. The van der Waals surface area contributed by atoms with Gasteiger partial charge < -0.3 is 14.3 Å². The van der Waals surface area contributed by atoms with Gasteiger partial charge in [0.2, 0.25) is 5.91 Å². The summed E-state index contributed by atoms with van der Waals surface area (Å²) in [5.74, 6) is -0.0246. The largest absolute Gasteiger partial charge is 0.349 e. The fraction of sp³-hybridized carbons (Fsp3) is 0.111. The van der Waals surface area contributed by atoms with E-state index in [2.05, 4.69) is 10.3 Å². The summed E-state index contributed by atoms with van der Waals surface area (Å²) in [4.78, 5) is 16.6. The molecule has 1 N–H and O–H groups in total. The Morgan fingerprint density at radius 2 is 1.91 bits per heavy atom. The summed E-state index contributed by atoms with van der Waals surface area (Å²) in [6, 6.07) is 15.9. The number of benzene rings is 1. The van der Waals surface area contributed by atoms with Crippen molar-refractivity contribution in [2.75, 3.05) is 0 Å². The van der Waals surface area contributed by atoms with E-state index in [1.807, 2.05) is 76.1 Å². The highest BCUT2D eigenvalue weighted by Crippen LogP contribution is 2.14. The van der Waals surface area contributed by atoms with Gasteiger partial charge in [-0.25, -0.2) is 4.98 Å². The zero-order valence-electron chi connectivity index (χ0n) is 12.5. The first-order valence-electron chi connectivity index (χ1n) is 7.53. The second-order valence-electron chi connectivity index (χ2n) is 5.48. The van der Waals surface area contributed by atoms with Gasteiger partial charge in [0.25, 0.3) is 0 Å². The van der Waals surface area contributed by atoms with Gasteiger partial charge in [-0.1, -0.05) is 24.3 Å². The monoisotopic (exact) mass is 304 g/mol. The van der Waals surface area contributed by atoms with Crippen LogP contribution in [-0.2, 0) is 17.9 Å². The molecule has 1 aromatic carbocycles. The number of carbonyl (C=O) groups excluding carboxylic acids is 1. The highest BCUT2D eigenvalue weighted by atomic mass is 16.1. The number of rotatable bonds is 4. The third-order valence-electron chi connectivity index (χ3n) is 3.87. The van der Waals surface area contributed by atoms with Gasteiger partial charge in [0, 0.05) is 24.1 Å². The molecule has 1 amide bonds. The Labute approximate surface area is 133 Å². The van der Waals surface area contributed by atoms with Crippen LogP contribution in [0.5, 0.6) is 0 Å². The molecular formula is C18H16N4O. The van der Waals surface area contributed by atoms with Crippen LogP contribution in [0.25, 0.3) is 16.6 Å². The predicted molar refractivity (Wildman–Crippen MR) is 89.0 cm³/mol.